The molecule has 0 radical (unpaired) electrons. The maximum atomic E-state index is 9.77. The minimum absolute atomic E-state index is 0.537. The van der Waals surface area contributed by atoms with Gasteiger partial charge in [0.25, 0.3) is 0 Å². The lowest BCUT2D eigenvalue weighted by molar-refractivity contribution is -0.116. The molecular formula is C4H10N2O. The molecule has 0 heterocycles. The fraction of sp³-hybridized carbons (Fsp3) is 0.750. The minimum atomic E-state index is 0.537. The lowest BCUT2D eigenvalue weighted by Gasteiger charge is -2.05. The Kier molecular flexibility index (Phi) is 3.32. The van der Waals surface area contributed by atoms with Gasteiger partial charge in [0.05, 0.1) is 0 Å². The van der Waals surface area contributed by atoms with E-state index in [4.69, 9.17) is 5.73 Å². The van der Waals surface area contributed by atoms with Crippen molar-refractivity contribution < 1.29 is 4.79 Å². The van der Waals surface area contributed by atoms with Crippen molar-refractivity contribution in [3.8, 4) is 0 Å². The van der Waals surface area contributed by atoms with Crippen LogP contribution in [0.5, 0.6) is 0 Å². The molecule has 0 unspecified atom stereocenters. The smallest absolute Gasteiger partial charge is 0.209 e. The van der Waals surface area contributed by atoms with Gasteiger partial charge in [-0.1, -0.05) is 0 Å². The monoisotopic (exact) mass is 102 g/mol. The molecule has 42 valence electrons. The largest absolute Gasteiger partial charge is 0.347 e. The van der Waals surface area contributed by atoms with Crippen molar-refractivity contribution in [3.05, 3.63) is 0 Å². The fourth-order valence-electron chi connectivity index (χ4n) is 0.256. The Hall–Kier alpha value is -0.570. The lowest BCUT2D eigenvalue weighted by Crippen LogP contribution is -2.23. The quantitative estimate of drug-likeness (QED) is 0.466. The molecule has 0 aliphatic carbocycles. The Bertz CT molecular complexity index is 55.7. The van der Waals surface area contributed by atoms with Crippen LogP contribution < -0.4 is 5.73 Å². The van der Waals surface area contributed by atoms with Gasteiger partial charge in [0.2, 0.25) is 6.41 Å². The Labute approximate surface area is 43.1 Å². The first-order valence-electron chi connectivity index (χ1n) is 2.17. The summed E-state index contributed by atoms with van der Waals surface area (Å²) in [7, 11) is 1.69. The van der Waals surface area contributed by atoms with Crippen molar-refractivity contribution in [3.63, 3.8) is 0 Å². The Morgan fingerprint density at radius 3 is 2.57 bits per heavy atom. The van der Waals surface area contributed by atoms with E-state index in [-0.39, 0.29) is 0 Å². The predicted molar refractivity (Wildman–Crippen MR) is 27.7 cm³/mol. The molecule has 1 amide bonds. The molecule has 0 bridgehead atoms. The maximum absolute atomic E-state index is 9.77. The van der Waals surface area contributed by atoms with Crippen LogP contribution in [0, 0.1) is 0 Å². The van der Waals surface area contributed by atoms with E-state index < -0.39 is 0 Å². The van der Waals surface area contributed by atoms with Crippen LogP contribution in [-0.2, 0) is 4.79 Å². The maximum Gasteiger partial charge on any atom is 0.209 e. The third kappa shape index (κ3) is 3.26. The van der Waals surface area contributed by atoms with Crippen LogP contribution >= 0.6 is 0 Å². The zero-order valence-electron chi connectivity index (χ0n) is 4.42. The highest BCUT2D eigenvalue weighted by Gasteiger charge is 1.84. The Morgan fingerprint density at radius 2 is 2.43 bits per heavy atom. The second kappa shape index (κ2) is 3.61. The van der Waals surface area contributed by atoms with E-state index in [0.29, 0.717) is 13.1 Å². The van der Waals surface area contributed by atoms with Crippen molar-refractivity contribution in [2.24, 2.45) is 5.73 Å². The zero-order chi connectivity index (χ0) is 5.70. The van der Waals surface area contributed by atoms with E-state index in [9.17, 15) is 4.79 Å². The van der Waals surface area contributed by atoms with Crippen LogP contribution in [-0.4, -0.2) is 31.4 Å². The molecule has 0 atom stereocenters. The summed E-state index contributed by atoms with van der Waals surface area (Å²) in [6.07, 6.45) is 0.757. The van der Waals surface area contributed by atoms with Gasteiger partial charge in [-0.3, -0.25) is 4.79 Å². The number of nitrogens with two attached hydrogens (primary N) is 1. The molecule has 0 saturated heterocycles. The number of hydrogen-bond donors (Lipinski definition) is 1. The van der Waals surface area contributed by atoms with E-state index in [2.05, 4.69) is 0 Å². The average Bonchev–Trinajstić information content (AvgIpc) is 1.68. The minimum Gasteiger partial charge on any atom is -0.347 e. The normalized spacial score (nSPS) is 8.29. The summed E-state index contributed by atoms with van der Waals surface area (Å²) in [5.74, 6) is 0. The second-order valence-electron chi connectivity index (χ2n) is 1.37. The van der Waals surface area contributed by atoms with Crippen LogP contribution in [0.2, 0.25) is 0 Å². The summed E-state index contributed by atoms with van der Waals surface area (Å²) in [4.78, 5) is 11.3. The molecule has 0 aliphatic heterocycles. The van der Waals surface area contributed by atoms with Crippen LogP contribution in [0.25, 0.3) is 0 Å². The van der Waals surface area contributed by atoms with Crippen molar-refractivity contribution in [1.29, 1.82) is 0 Å². The molecule has 0 aromatic heterocycles. The highest BCUT2D eigenvalue weighted by atomic mass is 16.1. The average molecular weight is 102 g/mol. The molecule has 7 heavy (non-hydrogen) atoms. The molecule has 0 aliphatic rings. The molecule has 0 aromatic carbocycles. The summed E-state index contributed by atoms with van der Waals surface area (Å²) in [5.41, 5.74) is 5.10. The van der Waals surface area contributed by atoms with Crippen LogP contribution in [0.15, 0.2) is 0 Å². The molecule has 3 nitrogen and oxygen atoms in total. The first kappa shape index (κ1) is 6.43. The number of nitrogens with zero attached hydrogens (tertiary/aromatic N) is 1. The predicted octanol–water partition coefficient (Wildman–Crippen LogP) is -0.967. The summed E-state index contributed by atoms with van der Waals surface area (Å²) in [6.45, 7) is 1.18. The number of carbonyl (C=O) groups is 1. The van der Waals surface area contributed by atoms with Crippen LogP contribution in [0.4, 0.5) is 0 Å². The summed E-state index contributed by atoms with van der Waals surface area (Å²) >= 11 is 0. The van der Waals surface area contributed by atoms with Crippen molar-refractivity contribution in [2.45, 2.75) is 0 Å². The van der Waals surface area contributed by atoms with Gasteiger partial charge in [-0.05, 0) is 0 Å². The molecule has 0 aromatic rings. The number of rotatable bonds is 3. The molecule has 3 heteroatoms. The molecule has 0 spiro atoms. The summed E-state index contributed by atoms with van der Waals surface area (Å²) in [5, 5.41) is 0. The van der Waals surface area contributed by atoms with Gasteiger partial charge < -0.3 is 10.6 Å². The molecule has 0 fully saturated rings. The first-order chi connectivity index (χ1) is 3.31. The Balaban J connectivity index is 2.98. The third-order valence-electron chi connectivity index (χ3n) is 0.662. The zero-order valence-corrected chi connectivity index (χ0v) is 4.42. The fourth-order valence-corrected chi connectivity index (χ4v) is 0.256. The van der Waals surface area contributed by atoms with Crippen molar-refractivity contribution in [1.82, 2.24) is 4.90 Å². The van der Waals surface area contributed by atoms with Gasteiger partial charge >= 0.3 is 0 Å². The van der Waals surface area contributed by atoms with Crippen molar-refractivity contribution >= 4 is 6.41 Å². The lowest BCUT2D eigenvalue weighted by atomic mass is 10.6. The van der Waals surface area contributed by atoms with E-state index in [1.165, 1.54) is 4.90 Å². The first-order valence-corrected chi connectivity index (χ1v) is 2.17. The molecule has 0 saturated carbocycles. The van der Waals surface area contributed by atoms with Crippen LogP contribution in [0.3, 0.4) is 0 Å². The van der Waals surface area contributed by atoms with Gasteiger partial charge in [0, 0.05) is 20.1 Å². The molecular weight excluding hydrogens is 92.1 g/mol. The number of hydrogen-bond acceptors (Lipinski definition) is 2. The number of carbonyl (C=O) groups excluding carboxylic acids is 1. The van der Waals surface area contributed by atoms with Gasteiger partial charge in [-0.2, -0.15) is 0 Å². The standard InChI is InChI=1S/C4H10N2O/c1-6(4-7)3-2-5/h4H,2-3,5H2,1H3. The topological polar surface area (TPSA) is 46.3 Å². The molecule has 2 N–H and O–H groups in total. The Morgan fingerprint density at radius 1 is 1.86 bits per heavy atom. The summed E-state index contributed by atoms with van der Waals surface area (Å²) in [6, 6.07) is 0. The van der Waals surface area contributed by atoms with Gasteiger partial charge in [-0.15, -0.1) is 0 Å². The SMILES string of the molecule is CN(C=O)CCN. The van der Waals surface area contributed by atoms with Crippen molar-refractivity contribution in [2.75, 3.05) is 20.1 Å². The second-order valence-corrected chi connectivity index (χ2v) is 1.37. The highest BCUT2D eigenvalue weighted by molar-refractivity contribution is 5.46. The van der Waals surface area contributed by atoms with Crippen LogP contribution in [0.1, 0.15) is 0 Å². The van der Waals surface area contributed by atoms with E-state index in [1.807, 2.05) is 0 Å². The van der Waals surface area contributed by atoms with Gasteiger partial charge in [-0.25, -0.2) is 0 Å². The van der Waals surface area contributed by atoms with E-state index >= 15 is 0 Å². The number of amides is 1. The third-order valence-corrected chi connectivity index (χ3v) is 0.662. The van der Waals surface area contributed by atoms with Gasteiger partial charge in [0.1, 0.15) is 0 Å². The summed E-state index contributed by atoms with van der Waals surface area (Å²) < 4.78 is 0. The van der Waals surface area contributed by atoms with Gasteiger partial charge in [0.15, 0.2) is 0 Å². The molecule has 0 rings (SSSR count). The number of likely N-dealkylation sites (N-methyl/N-ethyl adjacent to an activating group) is 1. The van der Waals surface area contributed by atoms with E-state index in [0.717, 1.165) is 6.41 Å². The van der Waals surface area contributed by atoms with E-state index in [1.54, 1.807) is 7.05 Å². The highest BCUT2D eigenvalue weighted by Crippen LogP contribution is 1.66.